The van der Waals surface area contributed by atoms with Crippen molar-refractivity contribution in [2.24, 2.45) is 0 Å². The Morgan fingerprint density at radius 1 is 1.13 bits per heavy atom. The molecule has 0 radical (unpaired) electrons. The molecule has 158 valence electrons. The third kappa shape index (κ3) is 5.39. The first kappa shape index (κ1) is 21.4. The largest absolute Gasteiger partial charge is 0.369 e. The topological polar surface area (TPSA) is 131 Å². The quantitative estimate of drug-likeness (QED) is 0.464. The summed E-state index contributed by atoms with van der Waals surface area (Å²) in [7, 11) is -3.69. The summed E-state index contributed by atoms with van der Waals surface area (Å²) in [6.07, 6.45) is 3.43. The number of carbonyl (C=O) groups excluding carboxylic acids is 1. The summed E-state index contributed by atoms with van der Waals surface area (Å²) in [6.45, 7) is 5.34. The van der Waals surface area contributed by atoms with Crippen molar-refractivity contribution in [1.29, 1.82) is 0 Å². The Labute approximate surface area is 174 Å². The van der Waals surface area contributed by atoms with E-state index in [2.05, 4.69) is 30.4 Å². The third-order valence-corrected chi connectivity index (χ3v) is 5.69. The molecule has 0 unspecified atom stereocenters. The molecule has 0 fully saturated rings. The van der Waals surface area contributed by atoms with Crippen LogP contribution in [0.2, 0.25) is 0 Å². The van der Waals surface area contributed by atoms with Crippen molar-refractivity contribution in [1.82, 2.24) is 24.5 Å². The van der Waals surface area contributed by atoms with Crippen LogP contribution in [-0.2, 0) is 14.8 Å². The number of carbonyl (C=O) groups is 1. The average molecular weight is 430 g/mol. The Morgan fingerprint density at radius 2 is 1.93 bits per heavy atom. The van der Waals surface area contributed by atoms with Crippen LogP contribution in [0.4, 0.5) is 11.5 Å². The molecule has 2 aromatic heterocycles. The van der Waals surface area contributed by atoms with Gasteiger partial charge in [-0.25, -0.2) is 27.8 Å². The normalized spacial score (nSPS) is 11.3. The molecule has 0 aliphatic carbocycles. The second-order valence-electron chi connectivity index (χ2n) is 6.60. The zero-order valence-electron chi connectivity index (χ0n) is 16.9. The smallest absolute Gasteiger partial charge is 0.240 e. The fourth-order valence-corrected chi connectivity index (χ4v) is 4.11. The Bertz CT molecular complexity index is 1140. The van der Waals surface area contributed by atoms with Gasteiger partial charge >= 0.3 is 0 Å². The van der Waals surface area contributed by atoms with E-state index in [0.717, 1.165) is 0 Å². The van der Waals surface area contributed by atoms with Crippen LogP contribution < -0.4 is 15.4 Å². The molecule has 0 spiro atoms. The number of hydrogen-bond acceptors (Lipinski definition) is 7. The molecule has 2 heterocycles. The molecule has 10 nitrogen and oxygen atoms in total. The number of rotatable bonds is 8. The number of benzene rings is 1. The van der Waals surface area contributed by atoms with Crippen LogP contribution in [0.25, 0.3) is 5.82 Å². The zero-order valence-corrected chi connectivity index (χ0v) is 17.7. The van der Waals surface area contributed by atoms with E-state index in [-0.39, 0.29) is 17.3 Å². The summed E-state index contributed by atoms with van der Waals surface area (Å²) < 4.78 is 29.4. The zero-order chi connectivity index (χ0) is 21.7. The highest BCUT2D eigenvalue weighted by atomic mass is 32.2. The summed E-state index contributed by atoms with van der Waals surface area (Å²) >= 11 is 0. The Morgan fingerprint density at radius 3 is 2.60 bits per heavy atom. The van der Waals surface area contributed by atoms with Crippen molar-refractivity contribution in [3.8, 4) is 5.82 Å². The minimum Gasteiger partial charge on any atom is -0.369 e. The van der Waals surface area contributed by atoms with Gasteiger partial charge in [-0.2, -0.15) is 5.10 Å². The van der Waals surface area contributed by atoms with Gasteiger partial charge in [-0.05, 0) is 43.7 Å². The highest BCUT2D eigenvalue weighted by Crippen LogP contribution is 2.19. The lowest BCUT2D eigenvalue weighted by atomic mass is 10.2. The lowest BCUT2D eigenvalue weighted by Crippen LogP contribution is -2.29. The number of nitrogens with one attached hydrogen (secondary N) is 3. The minimum absolute atomic E-state index is 0.162. The molecule has 3 aromatic rings. The maximum absolute atomic E-state index is 12.6. The lowest BCUT2D eigenvalue weighted by molar-refractivity contribution is -0.114. The van der Waals surface area contributed by atoms with Crippen molar-refractivity contribution < 1.29 is 13.2 Å². The Balaban J connectivity index is 1.61. The lowest BCUT2D eigenvalue weighted by Gasteiger charge is -2.12. The molecule has 0 saturated carbocycles. The van der Waals surface area contributed by atoms with Gasteiger partial charge in [0.25, 0.3) is 0 Å². The predicted molar refractivity (Wildman–Crippen MR) is 113 cm³/mol. The number of aromatic nitrogens is 4. The maximum Gasteiger partial charge on any atom is 0.240 e. The standard InChI is InChI=1S/C19H23N7O3S/c1-13-11-16(25-15(3)27)5-6-17(13)30(28,29)22-9-8-20-18-12-19(24-14(2)23-18)26-10-4-7-21-26/h4-7,10-12,22H,8-9H2,1-3H3,(H,25,27)(H,20,23,24). The number of amides is 1. The van der Waals surface area contributed by atoms with Crippen LogP contribution in [0.5, 0.6) is 0 Å². The number of aryl methyl sites for hydroxylation is 2. The van der Waals surface area contributed by atoms with Crippen LogP contribution in [0, 0.1) is 13.8 Å². The first-order chi connectivity index (χ1) is 14.2. The van der Waals surface area contributed by atoms with Crippen molar-refractivity contribution >= 4 is 27.4 Å². The van der Waals surface area contributed by atoms with E-state index in [0.29, 0.717) is 35.3 Å². The molecule has 1 amide bonds. The molecule has 1 aromatic carbocycles. The van der Waals surface area contributed by atoms with Crippen molar-refractivity contribution in [2.45, 2.75) is 25.7 Å². The van der Waals surface area contributed by atoms with Crippen molar-refractivity contribution in [3.05, 3.63) is 54.1 Å². The monoisotopic (exact) mass is 429 g/mol. The summed E-state index contributed by atoms with van der Waals surface area (Å²) in [6, 6.07) is 8.18. The van der Waals surface area contributed by atoms with Gasteiger partial charge < -0.3 is 10.6 Å². The fraction of sp³-hybridized carbons (Fsp3) is 0.263. The highest BCUT2D eigenvalue weighted by molar-refractivity contribution is 7.89. The number of hydrogen-bond donors (Lipinski definition) is 3. The maximum atomic E-state index is 12.6. The molecule has 0 atom stereocenters. The first-order valence-corrected chi connectivity index (χ1v) is 10.7. The highest BCUT2D eigenvalue weighted by Gasteiger charge is 2.16. The molecule has 0 aliphatic heterocycles. The number of sulfonamides is 1. The van der Waals surface area contributed by atoms with E-state index in [1.54, 1.807) is 55.2 Å². The number of anilines is 2. The van der Waals surface area contributed by atoms with Gasteiger partial charge in [0.15, 0.2) is 5.82 Å². The Kier molecular flexibility index (Phi) is 6.43. The molecule has 0 saturated heterocycles. The fourth-order valence-electron chi connectivity index (χ4n) is 2.85. The van der Waals surface area contributed by atoms with Gasteiger partial charge in [-0.3, -0.25) is 4.79 Å². The SMILES string of the molecule is CC(=O)Nc1ccc(S(=O)(=O)NCCNc2cc(-n3cccn3)nc(C)n2)c(C)c1. The van der Waals surface area contributed by atoms with Gasteiger partial charge in [0, 0.05) is 44.2 Å². The predicted octanol–water partition coefficient (Wildman–Crippen LogP) is 1.63. The van der Waals surface area contributed by atoms with Gasteiger partial charge in [0.2, 0.25) is 15.9 Å². The van der Waals surface area contributed by atoms with Gasteiger partial charge in [0.05, 0.1) is 4.90 Å². The van der Waals surface area contributed by atoms with E-state index in [9.17, 15) is 13.2 Å². The average Bonchev–Trinajstić information content (AvgIpc) is 3.19. The van der Waals surface area contributed by atoms with E-state index >= 15 is 0 Å². The summed E-state index contributed by atoms with van der Waals surface area (Å²) in [4.78, 5) is 19.9. The van der Waals surface area contributed by atoms with Crippen LogP contribution >= 0.6 is 0 Å². The number of nitrogens with zero attached hydrogens (tertiary/aromatic N) is 4. The van der Waals surface area contributed by atoms with Crippen molar-refractivity contribution in [3.63, 3.8) is 0 Å². The minimum atomic E-state index is -3.69. The molecular formula is C19H23N7O3S. The van der Waals surface area contributed by atoms with Crippen molar-refractivity contribution in [2.75, 3.05) is 23.7 Å². The van der Waals surface area contributed by atoms with E-state index in [4.69, 9.17) is 0 Å². The summed E-state index contributed by atoms with van der Waals surface area (Å²) in [5.41, 5.74) is 1.09. The molecular weight excluding hydrogens is 406 g/mol. The summed E-state index contributed by atoms with van der Waals surface area (Å²) in [5.74, 6) is 1.54. The molecule has 0 bridgehead atoms. The van der Waals surface area contributed by atoms with Gasteiger partial charge in [0.1, 0.15) is 11.6 Å². The molecule has 3 rings (SSSR count). The van der Waals surface area contributed by atoms with E-state index in [1.807, 2.05) is 0 Å². The molecule has 3 N–H and O–H groups in total. The van der Waals surface area contributed by atoms with Gasteiger partial charge in [-0.1, -0.05) is 0 Å². The van der Waals surface area contributed by atoms with Crippen LogP contribution in [0.3, 0.4) is 0 Å². The van der Waals surface area contributed by atoms with Crippen LogP contribution in [-0.4, -0.2) is 47.2 Å². The van der Waals surface area contributed by atoms with E-state index < -0.39 is 10.0 Å². The van der Waals surface area contributed by atoms with Crippen LogP contribution in [0.1, 0.15) is 18.3 Å². The second-order valence-corrected chi connectivity index (χ2v) is 8.33. The summed E-state index contributed by atoms with van der Waals surface area (Å²) in [5, 5.41) is 9.87. The first-order valence-electron chi connectivity index (χ1n) is 9.22. The van der Waals surface area contributed by atoms with Crippen LogP contribution in [0.15, 0.2) is 47.6 Å². The van der Waals surface area contributed by atoms with E-state index in [1.165, 1.54) is 13.0 Å². The van der Waals surface area contributed by atoms with Gasteiger partial charge in [-0.15, -0.1) is 0 Å². The second kappa shape index (κ2) is 9.01. The molecule has 11 heteroatoms. The third-order valence-electron chi connectivity index (χ3n) is 4.07. The molecule has 30 heavy (non-hydrogen) atoms. The Hall–Kier alpha value is -3.31. The molecule has 0 aliphatic rings.